The molecule has 8 heteroatoms. The predicted molar refractivity (Wildman–Crippen MR) is 126 cm³/mol. The van der Waals surface area contributed by atoms with Gasteiger partial charge in [0.2, 0.25) is 5.91 Å². The number of guanidine groups is 1. The average molecular weight is 441 g/mol. The number of para-hydroxylation sites is 1. The molecule has 0 saturated heterocycles. The number of benzene rings is 2. The second kappa shape index (κ2) is 11.8. The van der Waals surface area contributed by atoms with Gasteiger partial charge < -0.3 is 30.2 Å². The first kappa shape index (κ1) is 23.2. The highest BCUT2D eigenvalue weighted by atomic mass is 16.5. The number of nitrogens with zero attached hydrogens (tertiary/aromatic N) is 1. The fourth-order valence-electron chi connectivity index (χ4n) is 3.54. The summed E-state index contributed by atoms with van der Waals surface area (Å²) in [6, 6.07) is 13.4. The van der Waals surface area contributed by atoms with Crippen LogP contribution in [0.25, 0.3) is 0 Å². The van der Waals surface area contributed by atoms with Crippen molar-refractivity contribution in [2.45, 2.75) is 25.7 Å². The zero-order chi connectivity index (χ0) is 22.8. The van der Waals surface area contributed by atoms with Gasteiger partial charge in [-0.2, -0.15) is 0 Å². The number of carbonyl (C=O) groups excluding carboxylic acids is 1. The standard InChI is InChI=1S/C24H32N4O4/c1-4-25-24(27-16-17-12-23(29)28-22-9-6-5-8-21(17)22)26-10-7-11-32-20-14-18(30-2)13-19(15-20)31-3/h5-6,8-9,13-15,17H,4,7,10-12,16H2,1-3H3,(H,28,29)(H2,25,26,27). The zero-order valence-corrected chi connectivity index (χ0v) is 18.9. The molecule has 1 aliphatic rings. The number of aliphatic imine (C=N–C) groups is 1. The number of fused-ring (bicyclic) bond motifs is 1. The second-order valence-electron chi connectivity index (χ2n) is 7.43. The van der Waals surface area contributed by atoms with Crippen LogP contribution in [0.3, 0.4) is 0 Å². The minimum atomic E-state index is 0.0354. The maximum Gasteiger partial charge on any atom is 0.225 e. The Kier molecular flexibility index (Phi) is 8.60. The summed E-state index contributed by atoms with van der Waals surface area (Å²) in [6.45, 7) is 4.57. The number of carbonyl (C=O) groups is 1. The Hall–Kier alpha value is -3.42. The molecule has 0 aromatic heterocycles. The molecule has 0 bridgehead atoms. The number of anilines is 1. The minimum absolute atomic E-state index is 0.0354. The molecule has 0 saturated carbocycles. The Morgan fingerprint density at radius 3 is 2.53 bits per heavy atom. The van der Waals surface area contributed by atoms with Gasteiger partial charge in [-0.05, 0) is 25.0 Å². The molecule has 1 aliphatic heterocycles. The fourth-order valence-corrected chi connectivity index (χ4v) is 3.54. The molecule has 172 valence electrons. The van der Waals surface area contributed by atoms with E-state index in [2.05, 4.69) is 22.0 Å². The van der Waals surface area contributed by atoms with Gasteiger partial charge in [0.15, 0.2) is 5.96 Å². The van der Waals surface area contributed by atoms with Crippen LogP contribution in [-0.2, 0) is 4.79 Å². The summed E-state index contributed by atoms with van der Waals surface area (Å²) in [7, 11) is 3.23. The zero-order valence-electron chi connectivity index (χ0n) is 18.9. The van der Waals surface area contributed by atoms with Crippen molar-refractivity contribution >= 4 is 17.6 Å². The Morgan fingerprint density at radius 1 is 1.09 bits per heavy atom. The number of hydrogen-bond donors (Lipinski definition) is 3. The number of rotatable bonds is 10. The molecule has 1 heterocycles. The lowest BCUT2D eigenvalue weighted by Gasteiger charge is -2.24. The maximum atomic E-state index is 12.0. The van der Waals surface area contributed by atoms with Gasteiger partial charge in [-0.1, -0.05) is 18.2 Å². The normalized spacial score (nSPS) is 15.4. The smallest absolute Gasteiger partial charge is 0.225 e. The van der Waals surface area contributed by atoms with Crippen molar-refractivity contribution in [3.8, 4) is 17.2 Å². The van der Waals surface area contributed by atoms with E-state index in [-0.39, 0.29) is 11.8 Å². The van der Waals surface area contributed by atoms with Crippen LogP contribution >= 0.6 is 0 Å². The number of ether oxygens (including phenoxy) is 3. The van der Waals surface area contributed by atoms with E-state index in [1.807, 2.05) is 43.3 Å². The molecular weight excluding hydrogens is 408 g/mol. The summed E-state index contributed by atoms with van der Waals surface area (Å²) < 4.78 is 16.4. The van der Waals surface area contributed by atoms with E-state index < -0.39 is 0 Å². The molecule has 32 heavy (non-hydrogen) atoms. The van der Waals surface area contributed by atoms with Crippen LogP contribution in [0.5, 0.6) is 17.2 Å². The Bertz CT molecular complexity index is 910. The van der Waals surface area contributed by atoms with Crippen molar-refractivity contribution in [2.75, 3.05) is 45.8 Å². The molecule has 0 fully saturated rings. The molecule has 0 radical (unpaired) electrons. The molecule has 1 amide bonds. The summed E-state index contributed by atoms with van der Waals surface area (Å²) in [6.07, 6.45) is 1.23. The SMILES string of the molecule is CCNC(=NCC1CC(=O)Nc2ccccc21)NCCCOc1cc(OC)cc(OC)c1. The predicted octanol–water partition coefficient (Wildman–Crippen LogP) is 3.15. The number of hydrogen-bond acceptors (Lipinski definition) is 5. The number of amides is 1. The number of methoxy groups -OCH3 is 2. The minimum Gasteiger partial charge on any atom is -0.496 e. The van der Waals surface area contributed by atoms with E-state index in [1.165, 1.54) is 0 Å². The van der Waals surface area contributed by atoms with Gasteiger partial charge in [-0.3, -0.25) is 9.79 Å². The highest BCUT2D eigenvalue weighted by Gasteiger charge is 2.24. The lowest BCUT2D eigenvalue weighted by Crippen LogP contribution is -2.38. The van der Waals surface area contributed by atoms with Gasteiger partial charge in [0.25, 0.3) is 0 Å². The van der Waals surface area contributed by atoms with Crippen LogP contribution in [-0.4, -0.2) is 52.3 Å². The largest absolute Gasteiger partial charge is 0.496 e. The summed E-state index contributed by atoms with van der Waals surface area (Å²) in [5.74, 6) is 2.93. The first-order valence-corrected chi connectivity index (χ1v) is 10.9. The van der Waals surface area contributed by atoms with E-state index in [1.54, 1.807) is 14.2 Å². The van der Waals surface area contributed by atoms with Crippen LogP contribution in [0.4, 0.5) is 5.69 Å². The third kappa shape index (κ3) is 6.54. The molecular formula is C24H32N4O4. The first-order valence-electron chi connectivity index (χ1n) is 10.9. The van der Waals surface area contributed by atoms with Crippen LogP contribution in [0.15, 0.2) is 47.5 Å². The van der Waals surface area contributed by atoms with Crippen LogP contribution in [0.2, 0.25) is 0 Å². The van der Waals surface area contributed by atoms with E-state index in [9.17, 15) is 4.79 Å². The van der Waals surface area contributed by atoms with Crippen molar-refractivity contribution < 1.29 is 19.0 Å². The molecule has 0 spiro atoms. The first-order chi connectivity index (χ1) is 15.6. The molecule has 1 unspecified atom stereocenters. The van der Waals surface area contributed by atoms with Gasteiger partial charge in [0, 0.05) is 49.3 Å². The van der Waals surface area contributed by atoms with Crippen molar-refractivity contribution in [1.29, 1.82) is 0 Å². The van der Waals surface area contributed by atoms with E-state index in [0.717, 1.165) is 30.2 Å². The average Bonchev–Trinajstić information content (AvgIpc) is 2.81. The monoisotopic (exact) mass is 440 g/mol. The molecule has 0 aliphatic carbocycles. The molecule has 3 N–H and O–H groups in total. The van der Waals surface area contributed by atoms with Crippen molar-refractivity contribution in [3.63, 3.8) is 0 Å². The fraction of sp³-hybridized carbons (Fsp3) is 0.417. The third-order valence-corrected chi connectivity index (χ3v) is 5.13. The lowest BCUT2D eigenvalue weighted by atomic mass is 9.91. The number of nitrogens with one attached hydrogen (secondary N) is 3. The van der Waals surface area contributed by atoms with E-state index >= 15 is 0 Å². The Balaban J connectivity index is 1.50. The molecule has 3 rings (SSSR count). The lowest BCUT2D eigenvalue weighted by molar-refractivity contribution is -0.116. The van der Waals surface area contributed by atoms with E-state index in [4.69, 9.17) is 19.2 Å². The highest BCUT2D eigenvalue weighted by Crippen LogP contribution is 2.32. The van der Waals surface area contributed by atoms with Gasteiger partial charge >= 0.3 is 0 Å². The quantitative estimate of drug-likeness (QED) is 0.299. The molecule has 2 aromatic rings. The van der Waals surface area contributed by atoms with Gasteiger partial charge in [0.1, 0.15) is 17.2 Å². The third-order valence-electron chi connectivity index (χ3n) is 5.13. The van der Waals surface area contributed by atoms with Crippen LogP contribution in [0.1, 0.15) is 31.2 Å². The molecule has 1 atom stereocenters. The molecule has 2 aromatic carbocycles. The van der Waals surface area contributed by atoms with Crippen molar-refractivity contribution in [1.82, 2.24) is 10.6 Å². The summed E-state index contributed by atoms with van der Waals surface area (Å²) in [5, 5.41) is 9.53. The Labute approximate surface area is 189 Å². The van der Waals surface area contributed by atoms with Gasteiger partial charge in [0.05, 0.1) is 27.4 Å². The van der Waals surface area contributed by atoms with Crippen LogP contribution in [0, 0.1) is 0 Å². The summed E-state index contributed by atoms with van der Waals surface area (Å²) in [5.41, 5.74) is 2.02. The summed E-state index contributed by atoms with van der Waals surface area (Å²) >= 11 is 0. The van der Waals surface area contributed by atoms with Crippen molar-refractivity contribution in [2.24, 2.45) is 4.99 Å². The van der Waals surface area contributed by atoms with Crippen LogP contribution < -0.4 is 30.2 Å². The topological polar surface area (TPSA) is 93.2 Å². The van der Waals surface area contributed by atoms with Crippen molar-refractivity contribution in [3.05, 3.63) is 48.0 Å². The van der Waals surface area contributed by atoms with Gasteiger partial charge in [-0.15, -0.1) is 0 Å². The Morgan fingerprint density at radius 2 is 1.81 bits per heavy atom. The second-order valence-corrected chi connectivity index (χ2v) is 7.43. The highest BCUT2D eigenvalue weighted by molar-refractivity contribution is 5.94. The van der Waals surface area contributed by atoms with E-state index in [0.29, 0.717) is 43.4 Å². The summed E-state index contributed by atoms with van der Waals surface area (Å²) in [4.78, 5) is 16.7. The van der Waals surface area contributed by atoms with Gasteiger partial charge in [-0.25, -0.2) is 0 Å². The molecule has 8 nitrogen and oxygen atoms in total. The maximum absolute atomic E-state index is 12.0.